The summed E-state index contributed by atoms with van der Waals surface area (Å²) in [7, 11) is 0. The van der Waals surface area contributed by atoms with Gasteiger partial charge in [-0.15, -0.1) is 0 Å². The number of benzene rings is 8. The van der Waals surface area contributed by atoms with Crippen LogP contribution in [0.4, 0.5) is 0 Å². The predicted octanol–water partition coefficient (Wildman–Crippen LogP) is 11.8. The first kappa shape index (κ1) is 27.9. The number of fused-ring (bicyclic) bond motifs is 10. The third-order valence-electron chi connectivity index (χ3n) is 10.5. The molecule has 8 aromatic carbocycles. The van der Waals surface area contributed by atoms with Crippen LogP contribution in [0.15, 0.2) is 152 Å². The molecule has 0 radical (unpaired) electrons. The summed E-state index contributed by atoms with van der Waals surface area (Å²) in [4.78, 5) is 15.4. The highest BCUT2D eigenvalue weighted by atomic mass is 15.0. The smallest absolute Gasteiger partial charge is 0.164 e. The van der Waals surface area contributed by atoms with E-state index >= 15 is 0 Å². The maximum Gasteiger partial charge on any atom is 0.164 e. The van der Waals surface area contributed by atoms with Crippen LogP contribution >= 0.6 is 0 Å². The largest absolute Gasteiger partial charge is 0.208 e. The monoisotopic (exact) mass is 625 g/mol. The molecule has 0 atom stereocenters. The number of rotatable bonds is 3. The van der Waals surface area contributed by atoms with Gasteiger partial charge in [-0.1, -0.05) is 159 Å². The molecule has 1 heterocycles. The normalized spacial score (nSPS) is 13.3. The first-order valence-electron chi connectivity index (χ1n) is 16.9. The van der Waals surface area contributed by atoms with Gasteiger partial charge in [-0.25, -0.2) is 15.0 Å². The van der Waals surface area contributed by atoms with Gasteiger partial charge in [-0.2, -0.15) is 0 Å². The van der Waals surface area contributed by atoms with Gasteiger partial charge in [0.1, 0.15) is 0 Å². The quantitative estimate of drug-likeness (QED) is 0.183. The fourth-order valence-electron chi connectivity index (χ4n) is 8.07. The molecule has 1 aliphatic carbocycles. The standard InChI is InChI=1S/C46H31N3/c1-46(2)41-18-9-8-15-38(41)40-27-30(20-26-42(40)46)44-47-43(29-12-4-3-5-13-29)48-45(49-44)39-17-10-16-32-35-23-22-33-31-14-7-6-11-28(31)19-21-34(33)36(35)24-25-37(32)39/h3-27H,1-2H3. The van der Waals surface area contributed by atoms with Crippen molar-refractivity contribution in [3.8, 4) is 45.3 Å². The highest BCUT2D eigenvalue weighted by Gasteiger charge is 2.35. The first-order chi connectivity index (χ1) is 24.0. The Balaban J connectivity index is 1.18. The van der Waals surface area contributed by atoms with E-state index in [0.717, 1.165) is 22.1 Å². The summed E-state index contributed by atoms with van der Waals surface area (Å²) in [5.41, 5.74) is 8.09. The molecule has 0 aliphatic heterocycles. The molecule has 1 aliphatic rings. The molecule has 0 spiro atoms. The topological polar surface area (TPSA) is 38.7 Å². The van der Waals surface area contributed by atoms with Crippen molar-refractivity contribution in [2.45, 2.75) is 19.3 Å². The van der Waals surface area contributed by atoms with E-state index in [1.807, 2.05) is 18.2 Å². The molecule has 1 aromatic heterocycles. The minimum Gasteiger partial charge on any atom is -0.208 e. The molecule has 10 rings (SSSR count). The van der Waals surface area contributed by atoms with E-state index in [4.69, 9.17) is 15.0 Å². The van der Waals surface area contributed by atoms with Crippen LogP contribution in [-0.4, -0.2) is 15.0 Å². The summed E-state index contributed by atoms with van der Waals surface area (Å²) >= 11 is 0. The molecule has 9 aromatic rings. The van der Waals surface area contributed by atoms with Crippen molar-refractivity contribution in [2.75, 3.05) is 0 Å². The molecule has 0 amide bonds. The Kier molecular flexibility index (Phi) is 5.92. The van der Waals surface area contributed by atoms with E-state index in [2.05, 4.69) is 147 Å². The third-order valence-corrected chi connectivity index (χ3v) is 10.5. The summed E-state index contributed by atoms with van der Waals surface area (Å²) in [6.07, 6.45) is 0. The number of hydrogen-bond donors (Lipinski definition) is 0. The lowest BCUT2D eigenvalue weighted by atomic mass is 9.82. The van der Waals surface area contributed by atoms with E-state index in [0.29, 0.717) is 17.5 Å². The van der Waals surface area contributed by atoms with Crippen LogP contribution in [0.25, 0.3) is 88.4 Å². The van der Waals surface area contributed by atoms with Crippen molar-refractivity contribution in [3.05, 3.63) is 163 Å². The van der Waals surface area contributed by atoms with Gasteiger partial charge in [0.25, 0.3) is 0 Å². The third kappa shape index (κ3) is 4.19. The molecule has 3 nitrogen and oxygen atoms in total. The molecule has 0 unspecified atom stereocenters. The van der Waals surface area contributed by atoms with Crippen LogP contribution in [0.5, 0.6) is 0 Å². The van der Waals surface area contributed by atoms with Gasteiger partial charge in [0.15, 0.2) is 17.5 Å². The molecule has 0 fully saturated rings. The second kappa shape index (κ2) is 10.4. The van der Waals surface area contributed by atoms with E-state index in [1.165, 1.54) is 60.0 Å². The van der Waals surface area contributed by atoms with Crippen LogP contribution in [0, 0.1) is 0 Å². The van der Waals surface area contributed by atoms with Gasteiger partial charge in [0, 0.05) is 22.1 Å². The van der Waals surface area contributed by atoms with Crippen LogP contribution in [-0.2, 0) is 5.41 Å². The zero-order chi connectivity index (χ0) is 32.7. The second-order valence-electron chi connectivity index (χ2n) is 13.6. The lowest BCUT2D eigenvalue weighted by molar-refractivity contribution is 0.660. The molecule has 3 heteroatoms. The summed E-state index contributed by atoms with van der Waals surface area (Å²) in [6.45, 7) is 4.61. The van der Waals surface area contributed by atoms with Crippen LogP contribution < -0.4 is 0 Å². The molecule has 0 N–H and O–H groups in total. The van der Waals surface area contributed by atoms with Gasteiger partial charge >= 0.3 is 0 Å². The Morgan fingerprint density at radius 2 is 0.898 bits per heavy atom. The summed E-state index contributed by atoms with van der Waals surface area (Å²) in [6, 6.07) is 54.3. The van der Waals surface area contributed by atoms with Gasteiger partial charge in [0.05, 0.1) is 0 Å². The summed E-state index contributed by atoms with van der Waals surface area (Å²) < 4.78 is 0. The van der Waals surface area contributed by atoms with Crippen molar-refractivity contribution < 1.29 is 0 Å². The van der Waals surface area contributed by atoms with Gasteiger partial charge in [0.2, 0.25) is 0 Å². The average Bonchev–Trinajstić information content (AvgIpc) is 3.39. The lowest BCUT2D eigenvalue weighted by Crippen LogP contribution is -2.14. The van der Waals surface area contributed by atoms with E-state index in [1.54, 1.807) is 0 Å². The first-order valence-corrected chi connectivity index (χ1v) is 16.9. The van der Waals surface area contributed by atoms with Crippen molar-refractivity contribution >= 4 is 43.1 Å². The Morgan fingerprint density at radius 1 is 0.347 bits per heavy atom. The van der Waals surface area contributed by atoms with Crippen molar-refractivity contribution in [1.82, 2.24) is 15.0 Å². The molecule has 0 saturated heterocycles. The minimum atomic E-state index is -0.0614. The van der Waals surface area contributed by atoms with Crippen molar-refractivity contribution in [3.63, 3.8) is 0 Å². The van der Waals surface area contributed by atoms with Gasteiger partial charge in [-0.05, 0) is 71.4 Å². The van der Waals surface area contributed by atoms with Gasteiger partial charge < -0.3 is 0 Å². The molecule has 0 bridgehead atoms. The molecular formula is C46H31N3. The molecule has 49 heavy (non-hydrogen) atoms. The van der Waals surface area contributed by atoms with E-state index < -0.39 is 0 Å². The Labute approximate surface area is 284 Å². The molecular weight excluding hydrogens is 595 g/mol. The van der Waals surface area contributed by atoms with Gasteiger partial charge in [-0.3, -0.25) is 0 Å². The van der Waals surface area contributed by atoms with Crippen LogP contribution in [0.1, 0.15) is 25.0 Å². The van der Waals surface area contributed by atoms with Crippen LogP contribution in [0.3, 0.4) is 0 Å². The summed E-state index contributed by atoms with van der Waals surface area (Å²) in [5, 5.41) is 9.85. The minimum absolute atomic E-state index is 0.0614. The zero-order valence-corrected chi connectivity index (χ0v) is 27.3. The highest BCUT2D eigenvalue weighted by molar-refractivity contribution is 6.23. The average molecular weight is 626 g/mol. The Bertz CT molecular complexity index is 2800. The number of aromatic nitrogens is 3. The second-order valence-corrected chi connectivity index (χ2v) is 13.6. The summed E-state index contributed by atoms with van der Waals surface area (Å²) in [5.74, 6) is 2.00. The predicted molar refractivity (Wildman–Crippen MR) is 204 cm³/mol. The van der Waals surface area contributed by atoms with Crippen LogP contribution in [0.2, 0.25) is 0 Å². The van der Waals surface area contributed by atoms with Crippen molar-refractivity contribution in [1.29, 1.82) is 0 Å². The fraction of sp³-hybridized carbons (Fsp3) is 0.0652. The van der Waals surface area contributed by atoms with Crippen molar-refractivity contribution in [2.24, 2.45) is 0 Å². The van der Waals surface area contributed by atoms with E-state index in [-0.39, 0.29) is 5.41 Å². The maximum atomic E-state index is 5.21. The lowest BCUT2D eigenvalue weighted by Gasteiger charge is -2.21. The highest BCUT2D eigenvalue weighted by Crippen LogP contribution is 2.49. The molecule has 230 valence electrons. The fourth-order valence-corrected chi connectivity index (χ4v) is 8.07. The maximum absolute atomic E-state index is 5.21. The Hall–Kier alpha value is -6.19. The number of nitrogens with zero attached hydrogens (tertiary/aromatic N) is 3. The zero-order valence-electron chi connectivity index (χ0n) is 27.3. The molecule has 0 saturated carbocycles. The van der Waals surface area contributed by atoms with E-state index in [9.17, 15) is 0 Å². The number of hydrogen-bond acceptors (Lipinski definition) is 3. The SMILES string of the molecule is CC1(C)c2ccccc2-c2cc(-c3nc(-c4ccccc4)nc(-c4cccc5c4ccc4c5ccc5c6ccccc6ccc54)n3)ccc21. The Morgan fingerprint density at radius 3 is 1.71 bits per heavy atom.